The lowest BCUT2D eigenvalue weighted by atomic mass is 10.1. The first kappa shape index (κ1) is 14.5. The van der Waals surface area contributed by atoms with Crippen LogP contribution in [0, 0.1) is 0 Å². The van der Waals surface area contributed by atoms with E-state index in [-0.39, 0.29) is 17.0 Å². The minimum absolute atomic E-state index is 0.0559. The molecule has 0 aromatic heterocycles. The Hall–Kier alpha value is -1.54. The molecule has 0 spiro atoms. The molecule has 1 rings (SSSR count). The highest BCUT2D eigenvalue weighted by Crippen LogP contribution is 2.37. The first-order chi connectivity index (χ1) is 8.42. The number of carbonyl (C=O) groups is 3. The van der Waals surface area contributed by atoms with Gasteiger partial charge in [-0.15, -0.1) is 0 Å². The van der Waals surface area contributed by atoms with E-state index in [1.54, 1.807) is 6.92 Å². The third-order valence-corrected chi connectivity index (χ3v) is 3.73. The Morgan fingerprint density at radius 1 is 1.33 bits per heavy atom. The molecule has 0 radical (unpaired) electrons. The van der Waals surface area contributed by atoms with Crippen molar-refractivity contribution in [1.82, 2.24) is 4.31 Å². The first-order valence-electron chi connectivity index (χ1n) is 5.06. The van der Waals surface area contributed by atoms with E-state index in [1.807, 2.05) is 0 Å². The molecule has 0 saturated heterocycles. The van der Waals surface area contributed by atoms with Crippen LogP contribution in [0.5, 0.6) is 0 Å². The molecule has 0 bridgehead atoms. The van der Waals surface area contributed by atoms with Crippen molar-refractivity contribution in [3.8, 4) is 0 Å². The molecule has 1 atom stereocenters. The Bertz CT molecular complexity index is 420. The van der Waals surface area contributed by atoms with Gasteiger partial charge in [0.25, 0.3) is 5.91 Å². The molecular formula is C10H14N2O5S. The van der Waals surface area contributed by atoms with Crippen LogP contribution in [0.2, 0.25) is 0 Å². The van der Waals surface area contributed by atoms with E-state index in [0.29, 0.717) is 0 Å². The standard InChI is InChI=1S/C10H14N2O5S/c1-5-7(10(15)17-3)8(9(11)14)18-12(5)4-6(13)16-2/h5H,4H2,1-3H3,(H2,11,14). The zero-order chi connectivity index (χ0) is 13.9. The van der Waals surface area contributed by atoms with Crippen LogP contribution in [0.25, 0.3) is 0 Å². The van der Waals surface area contributed by atoms with E-state index in [0.717, 1.165) is 11.9 Å². The summed E-state index contributed by atoms with van der Waals surface area (Å²) in [5.74, 6) is -1.82. The SMILES string of the molecule is COC(=O)CN1SC(C(N)=O)=C(C(=O)OC)C1C. The summed E-state index contributed by atoms with van der Waals surface area (Å²) in [5.41, 5.74) is 5.37. The highest BCUT2D eigenvalue weighted by Gasteiger charge is 2.38. The van der Waals surface area contributed by atoms with Gasteiger partial charge in [0.2, 0.25) is 0 Å². The van der Waals surface area contributed by atoms with E-state index in [2.05, 4.69) is 9.47 Å². The van der Waals surface area contributed by atoms with Crippen molar-refractivity contribution in [3.63, 3.8) is 0 Å². The van der Waals surface area contributed by atoms with Crippen LogP contribution < -0.4 is 5.73 Å². The molecule has 7 nitrogen and oxygen atoms in total. The van der Waals surface area contributed by atoms with E-state index in [4.69, 9.17) is 5.73 Å². The zero-order valence-corrected chi connectivity index (χ0v) is 11.1. The molecule has 18 heavy (non-hydrogen) atoms. The Balaban J connectivity index is 2.96. The summed E-state index contributed by atoms with van der Waals surface area (Å²) >= 11 is 0.959. The van der Waals surface area contributed by atoms with Crippen LogP contribution in [0.15, 0.2) is 10.5 Å². The lowest BCUT2D eigenvalue weighted by Gasteiger charge is -2.19. The number of nitrogens with two attached hydrogens (primary N) is 1. The smallest absolute Gasteiger partial charge is 0.336 e. The molecule has 2 N–H and O–H groups in total. The van der Waals surface area contributed by atoms with Gasteiger partial charge in [0.05, 0.1) is 30.7 Å². The monoisotopic (exact) mass is 274 g/mol. The van der Waals surface area contributed by atoms with Gasteiger partial charge >= 0.3 is 11.9 Å². The second-order valence-corrected chi connectivity index (χ2v) is 4.58. The summed E-state index contributed by atoms with van der Waals surface area (Å²) in [6.07, 6.45) is 0. The van der Waals surface area contributed by atoms with Gasteiger partial charge < -0.3 is 15.2 Å². The van der Waals surface area contributed by atoms with Crippen molar-refractivity contribution in [2.45, 2.75) is 13.0 Å². The predicted molar refractivity (Wildman–Crippen MR) is 64.0 cm³/mol. The van der Waals surface area contributed by atoms with Crippen LogP contribution in [-0.2, 0) is 23.9 Å². The molecule has 1 unspecified atom stereocenters. The molecule has 0 fully saturated rings. The van der Waals surface area contributed by atoms with E-state index >= 15 is 0 Å². The Labute approximate surface area is 108 Å². The normalized spacial score (nSPS) is 19.8. The number of methoxy groups -OCH3 is 2. The molecule has 100 valence electrons. The lowest BCUT2D eigenvalue weighted by Crippen LogP contribution is -2.32. The molecule has 1 heterocycles. The highest BCUT2D eigenvalue weighted by atomic mass is 32.2. The van der Waals surface area contributed by atoms with Gasteiger partial charge in [-0.1, -0.05) is 0 Å². The maximum atomic E-state index is 11.6. The van der Waals surface area contributed by atoms with Crippen molar-refractivity contribution in [2.75, 3.05) is 20.8 Å². The fraction of sp³-hybridized carbons (Fsp3) is 0.500. The number of nitrogens with zero attached hydrogens (tertiary/aromatic N) is 1. The average molecular weight is 274 g/mol. The van der Waals surface area contributed by atoms with Gasteiger partial charge in [0.1, 0.15) is 6.54 Å². The Morgan fingerprint density at radius 2 is 1.94 bits per heavy atom. The Kier molecular flexibility index (Phi) is 4.74. The van der Waals surface area contributed by atoms with Crippen LogP contribution in [-0.4, -0.2) is 49.0 Å². The van der Waals surface area contributed by atoms with Gasteiger partial charge in [-0.25, -0.2) is 9.10 Å². The van der Waals surface area contributed by atoms with Gasteiger partial charge in [-0.05, 0) is 18.9 Å². The molecule has 0 aliphatic carbocycles. The number of esters is 2. The van der Waals surface area contributed by atoms with E-state index < -0.39 is 23.9 Å². The first-order valence-corrected chi connectivity index (χ1v) is 5.83. The van der Waals surface area contributed by atoms with E-state index in [1.165, 1.54) is 18.5 Å². The molecule has 0 saturated carbocycles. The number of primary amides is 1. The number of amides is 1. The number of hydrogen-bond donors (Lipinski definition) is 1. The van der Waals surface area contributed by atoms with Crippen LogP contribution in [0.3, 0.4) is 0 Å². The van der Waals surface area contributed by atoms with Gasteiger partial charge in [0.15, 0.2) is 0 Å². The molecular weight excluding hydrogens is 260 g/mol. The quantitative estimate of drug-likeness (QED) is 0.541. The second kappa shape index (κ2) is 5.87. The molecule has 1 aliphatic rings. The maximum absolute atomic E-state index is 11.6. The molecule has 0 aromatic carbocycles. The van der Waals surface area contributed by atoms with Crippen molar-refractivity contribution in [1.29, 1.82) is 0 Å². The summed E-state index contributed by atoms with van der Waals surface area (Å²) < 4.78 is 10.7. The molecule has 8 heteroatoms. The fourth-order valence-corrected chi connectivity index (χ4v) is 2.60. The summed E-state index contributed by atoms with van der Waals surface area (Å²) in [5, 5.41) is 0. The summed E-state index contributed by atoms with van der Waals surface area (Å²) in [6, 6.07) is -0.455. The van der Waals surface area contributed by atoms with Crippen LogP contribution in [0.4, 0.5) is 0 Å². The second-order valence-electron chi connectivity index (χ2n) is 3.52. The predicted octanol–water partition coefficient (Wildman–Crippen LogP) is -0.576. The Morgan fingerprint density at radius 3 is 2.39 bits per heavy atom. The molecule has 1 aliphatic heterocycles. The van der Waals surface area contributed by atoms with Crippen molar-refractivity contribution in [2.24, 2.45) is 5.73 Å². The maximum Gasteiger partial charge on any atom is 0.336 e. The van der Waals surface area contributed by atoms with Gasteiger partial charge in [-0.2, -0.15) is 0 Å². The summed E-state index contributed by atoms with van der Waals surface area (Å²) in [6.45, 7) is 1.62. The molecule has 1 amide bonds. The van der Waals surface area contributed by atoms with Crippen LogP contribution >= 0.6 is 11.9 Å². The fourth-order valence-electron chi connectivity index (χ4n) is 1.49. The average Bonchev–Trinajstić information content (AvgIpc) is 2.66. The van der Waals surface area contributed by atoms with Crippen molar-refractivity contribution >= 4 is 29.8 Å². The minimum atomic E-state index is -0.723. The van der Waals surface area contributed by atoms with Gasteiger partial charge in [-0.3, -0.25) is 9.59 Å². The number of ether oxygens (including phenoxy) is 2. The number of carbonyl (C=O) groups excluding carboxylic acids is 3. The van der Waals surface area contributed by atoms with Crippen LogP contribution in [0.1, 0.15) is 6.92 Å². The summed E-state index contributed by atoms with van der Waals surface area (Å²) in [7, 11) is 2.48. The van der Waals surface area contributed by atoms with Gasteiger partial charge in [0, 0.05) is 0 Å². The lowest BCUT2D eigenvalue weighted by molar-refractivity contribution is -0.141. The highest BCUT2D eigenvalue weighted by molar-refractivity contribution is 8.02. The summed E-state index contributed by atoms with van der Waals surface area (Å²) in [4.78, 5) is 34.2. The molecule has 0 aromatic rings. The third-order valence-electron chi connectivity index (χ3n) is 2.44. The topological polar surface area (TPSA) is 98.9 Å². The van der Waals surface area contributed by atoms with Crippen molar-refractivity contribution in [3.05, 3.63) is 10.5 Å². The van der Waals surface area contributed by atoms with Crippen molar-refractivity contribution < 1.29 is 23.9 Å². The largest absolute Gasteiger partial charge is 0.468 e. The number of hydrogen-bond acceptors (Lipinski definition) is 7. The number of rotatable bonds is 4. The third kappa shape index (κ3) is 2.82. The minimum Gasteiger partial charge on any atom is -0.468 e. The van der Waals surface area contributed by atoms with E-state index in [9.17, 15) is 14.4 Å². The zero-order valence-electron chi connectivity index (χ0n) is 10.3.